The van der Waals surface area contributed by atoms with Crippen molar-refractivity contribution in [3.8, 4) is 11.3 Å². The summed E-state index contributed by atoms with van der Waals surface area (Å²) in [6, 6.07) is 15.9. The van der Waals surface area contributed by atoms with Gasteiger partial charge in [0.05, 0.1) is 17.3 Å². The van der Waals surface area contributed by atoms with Crippen LogP contribution in [0.5, 0.6) is 0 Å². The zero-order valence-electron chi connectivity index (χ0n) is 22.3. The number of hydrogen-bond acceptors (Lipinski definition) is 3. The second-order valence-corrected chi connectivity index (χ2v) is 10.6. The zero-order chi connectivity index (χ0) is 28.0. The molecule has 1 aromatic heterocycles. The number of halogens is 3. The van der Waals surface area contributed by atoms with Crippen molar-refractivity contribution in [3.63, 3.8) is 0 Å². The van der Waals surface area contributed by atoms with Crippen molar-refractivity contribution < 1.29 is 22.8 Å². The minimum Gasteiger partial charge on any atom is -0.352 e. The second kappa shape index (κ2) is 12.5. The second-order valence-electron chi connectivity index (χ2n) is 10.6. The lowest BCUT2D eigenvalue weighted by Gasteiger charge is -2.20. The fraction of sp³-hybridized carbons (Fsp3) is 0.433. The van der Waals surface area contributed by atoms with Crippen LogP contribution in [0.15, 0.2) is 60.7 Å². The van der Waals surface area contributed by atoms with Crippen molar-refractivity contribution in [2.24, 2.45) is 5.92 Å². The number of carbonyl (C=O) groups is 2. The Morgan fingerprint density at radius 1 is 1.03 bits per heavy atom. The van der Waals surface area contributed by atoms with Gasteiger partial charge in [-0.2, -0.15) is 18.3 Å². The Labute approximate surface area is 227 Å². The molecule has 0 aliphatic heterocycles. The van der Waals surface area contributed by atoms with Crippen molar-refractivity contribution in [1.29, 1.82) is 0 Å². The first-order valence-electron chi connectivity index (χ1n) is 13.5. The monoisotopic (exact) mass is 540 g/mol. The third-order valence-electron chi connectivity index (χ3n) is 7.00. The van der Waals surface area contributed by atoms with Gasteiger partial charge in [-0.15, -0.1) is 0 Å². The van der Waals surface area contributed by atoms with Crippen molar-refractivity contribution in [2.45, 2.75) is 77.2 Å². The highest BCUT2D eigenvalue weighted by Gasteiger charge is 2.35. The molecular weight excluding hydrogens is 505 g/mol. The summed E-state index contributed by atoms with van der Waals surface area (Å²) in [5.41, 5.74) is 0.541. The summed E-state index contributed by atoms with van der Waals surface area (Å²) in [7, 11) is 0. The molecule has 4 rings (SSSR count). The lowest BCUT2D eigenvalue weighted by Crippen LogP contribution is -2.40. The van der Waals surface area contributed by atoms with Crippen LogP contribution in [0.2, 0.25) is 0 Å². The average Bonchev–Trinajstić information content (AvgIpc) is 3.57. The number of nitrogens with one attached hydrogen (secondary N) is 2. The number of amides is 2. The molecule has 39 heavy (non-hydrogen) atoms. The Bertz CT molecular complexity index is 1260. The molecule has 1 fully saturated rings. The Hall–Kier alpha value is -3.62. The molecule has 1 saturated carbocycles. The van der Waals surface area contributed by atoms with E-state index in [4.69, 9.17) is 0 Å². The number of nitrogens with zero attached hydrogens (tertiary/aromatic N) is 2. The molecule has 0 radical (unpaired) electrons. The Morgan fingerprint density at radius 3 is 2.36 bits per heavy atom. The van der Waals surface area contributed by atoms with E-state index in [1.165, 1.54) is 18.2 Å². The molecule has 9 heteroatoms. The molecule has 0 bridgehead atoms. The minimum atomic E-state index is -4.54. The summed E-state index contributed by atoms with van der Waals surface area (Å²) in [4.78, 5) is 26.0. The summed E-state index contributed by atoms with van der Waals surface area (Å²) in [6.45, 7) is 4.39. The molecule has 1 aliphatic carbocycles. The molecule has 0 spiro atoms. The van der Waals surface area contributed by atoms with Crippen molar-refractivity contribution in [3.05, 3.63) is 77.5 Å². The molecule has 1 aliphatic rings. The maximum Gasteiger partial charge on any atom is 0.417 e. The highest BCUT2D eigenvalue weighted by atomic mass is 19.4. The standard InChI is InChI=1S/C30H35F3N4O2/c1-20(2)16-22(17-28(38)34-19-21-10-4-3-5-11-21)35-29(39)26-18-27(37(36-26)23-12-6-7-13-23)24-14-8-9-15-25(24)30(31,32)33/h3-5,8-11,14-15,18,20,22-23H,6-7,12-13,16-17,19H2,1-2H3,(H,34,38)(H,35,39)/t22-/m0/s1. The van der Waals surface area contributed by atoms with Crippen LogP contribution in [0, 0.1) is 5.92 Å². The van der Waals surface area contributed by atoms with Crippen LogP contribution in [0.4, 0.5) is 13.2 Å². The van der Waals surface area contributed by atoms with Crippen LogP contribution in [-0.4, -0.2) is 27.6 Å². The van der Waals surface area contributed by atoms with Crippen molar-refractivity contribution >= 4 is 11.8 Å². The van der Waals surface area contributed by atoms with E-state index in [0.29, 0.717) is 13.0 Å². The third kappa shape index (κ3) is 7.49. The fourth-order valence-corrected chi connectivity index (χ4v) is 5.20. The minimum absolute atomic E-state index is 0.00229. The number of benzene rings is 2. The van der Waals surface area contributed by atoms with E-state index in [2.05, 4.69) is 15.7 Å². The summed E-state index contributed by atoms with van der Waals surface area (Å²) in [5.74, 6) is -0.484. The predicted molar refractivity (Wildman–Crippen MR) is 144 cm³/mol. The topological polar surface area (TPSA) is 76.0 Å². The highest BCUT2D eigenvalue weighted by Crippen LogP contribution is 2.40. The van der Waals surface area contributed by atoms with Gasteiger partial charge in [0.1, 0.15) is 0 Å². The number of hydrogen-bond donors (Lipinski definition) is 2. The van der Waals surface area contributed by atoms with Gasteiger partial charge in [0.2, 0.25) is 5.91 Å². The predicted octanol–water partition coefficient (Wildman–Crippen LogP) is 6.54. The molecule has 0 saturated heterocycles. The summed E-state index contributed by atoms with van der Waals surface area (Å²) in [6.07, 6.45) is -0.383. The van der Waals surface area contributed by atoms with Gasteiger partial charge in [-0.3, -0.25) is 14.3 Å². The number of alkyl halides is 3. The van der Waals surface area contributed by atoms with Crippen LogP contribution >= 0.6 is 0 Å². The van der Waals surface area contributed by atoms with Crippen LogP contribution < -0.4 is 10.6 Å². The smallest absolute Gasteiger partial charge is 0.352 e. The average molecular weight is 541 g/mol. The normalized spacial score (nSPS) is 14.9. The molecule has 0 unspecified atom stereocenters. The van der Waals surface area contributed by atoms with Gasteiger partial charge in [-0.1, -0.05) is 75.2 Å². The van der Waals surface area contributed by atoms with Crippen LogP contribution in [0.25, 0.3) is 11.3 Å². The Balaban J connectivity index is 1.55. The lowest BCUT2D eigenvalue weighted by atomic mass is 10.00. The van der Waals surface area contributed by atoms with Crippen molar-refractivity contribution in [2.75, 3.05) is 0 Å². The van der Waals surface area contributed by atoms with Gasteiger partial charge < -0.3 is 10.6 Å². The molecule has 1 atom stereocenters. The first kappa shape index (κ1) is 28.4. The lowest BCUT2D eigenvalue weighted by molar-refractivity contribution is -0.137. The van der Waals surface area contributed by atoms with E-state index >= 15 is 0 Å². The maximum absolute atomic E-state index is 13.8. The quantitative estimate of drug-likeness (QED) is 0.307. The van der Waals surface area contributed by atoms with Gasteiger partial charge in [-0.25, -0.2) is 0 Å². The molecule has 3 aromatic rings. The molecule has 1 heterocycles. The maximum atomic E-state index is 13.8. The molecular formula is C30H35F3N4O2. The summed E-state index contributed by atoms with van der Waals surface area (Å²) >= 11 is 0. The van der Waals surface area contributed by atoms with Crippen molar-refractivity contribution in [1.82, 2.24) is 20.4 Å². The third-order valence-corrected chi connectivity index (χ3v) is 7.00. The number of carbonyl (C=O) groups excluding carboxylic acids is 2. The molecule has 2 N–H and O–H groups in total. The largest absolute Gasteiger partial charge is 0.417 e. The summed E-state index contributed by atoms with van der Waals surface area (Å²) in [5, 5.41) is 10.3. The number of rotatable bonds is 10. The van der Waals surface area contributed by atoms with E-state index < -0.39 is 23.7 Å². The first-order valence-corrected chi connectivity index (χ1v) is 13.5. The van der Waals surface area contributed by atoms with Crippen LogP contribution in [0.1, 0.15) is 80.0 Å². The van der Waals surface area contributed by atoms with Crippen LogP contribution in [0.3, 0.4) is 0 Å². The molecule has 6 nitrogen and oxygen atoms in total. The van der Waals surface area contributed by atoms with E-state index in [0.717, 1.165) is 37.3 Å². The summed E-state index contributed by atoms with van der Waals surface area (Å²) < 4.78 is 43.1. The SMILES string of the molecule is CC(C)C[C@@H](CC(=O)NCc1ccccc1)NC(=O)c1cc(-c2ccccc2C(F)(F)F)n(C2CCCC2)n1. The van der Waals surface area contributed by atoms with Gasteiger partial charge >= 0.3 is 6.18 Å². The van der Waals surface area contributed by atoms with E-state index in [1.54, 1.807) is 10.7 Å². The van der Waals surface area contributed by atoms with E-state index in [-0.39, 0.29) is 41.2 Å². The van der Waals surface area contributed by atoms with Gasteiger partial charge in [-0.05, 0) is 42.9 Å². The van der Waals surface area contributed by atoms with Crippen LogP contribution in [-0.2, 0) is 17.5 Å². The first-order chi connectivity index (χ1) is 18.6. The van der Waals surface area contributed by atoms with Gasteiger partial charge in [0.25, 0.3) is 5.91 Å². The molecule has 2 amide bonds. The van der Waals surface area contributed by atoms with E-state index in [1.807, 2.05) is 44.2 Å². The molecule has 208 valence electrons. The molecule has 2 aromatic carbocycles. The Morgan fingerprint density at radius 2 is 1.69 bits per heavy atom. The van der Waals surface area contributed by atoms with Gasteiger partial charge in [0.15, 0.2) is 5.69 Å². The van der Waals surface area contributed by atoms with Gasteiger partial charge in [0, 0.05) is 24.6 Å². The Kier molecular flexibility index (Phi) is 9.09. The highest BCUT2D eigenvalue weighted by molar-refractivity contribution is 5.94. The number of aromatic nitrogens is 2. The fourth-order valence-electron chi connectivity index (χ4n) is 5.20. The van der Waals surface area contributed by atoms with E-state index in [9.17, 15) is 22.8 Å². The zero-order valence-corrected chi connectivity index (χ0v) is 22.3.